The number of nitrogens with two attached hydrogens (primary N) is 1. The number of aromatic hydroxyl groups is 1. The van der Waals surface area contributed by atoms with Crippen LogP contribution in [0.4, 0.5) is 0 Å². The molecule has 14 atom stereocenters. The van der Waals surface area contributed by atoms with E-state index in [1.807, 2.05) is 0 Å². The minimum atomic E-state index is -2.11. The molecule has 1 aliphatic rings. The minimum Gasteiger partial charge on any atom is -0.508 e. The number of carboxylic acids is 2. The molecule has 0 saturated carbocycles. The monoisotopic (exact) mass is 1870 g/mol. The van der Waals surface area contributed by atoms with Crippen LogP contribution >= 0.6 is 0 Å². The summed E-state index contributed by atoms with van der Waals surface area (Å²) in [6.45, 7) is 0.833. The fourth-order valence-electron chi connectivity index (χ4n) is 14.1. The van der Waals surface area contributed by atoms with Gasteiger partial charge in [0.05, 0.1) is 64.9 Å². The molecule has 7 aromatic rings. The normalized spacial score (nSPS) is 18.1. The number of nitrogens with one attached hydrogen (secondary N) is 19. The first kappa shape index (κ1) is 104. The van der Waals surface area contributed by atoms with Crippen molar-refractivity contribution in [3.05, 3.63) is 192 Å². The molecular weight excluding hydrogens is 1760 g/mol. The Morgan fingerprint density at radius 2 is 0.948 bits per heavy atom. The van der Waals surface area contributed by atoms with E-state index in [0.29, 0.717) is 39.6 Å². The van der Waals surface area contributed by atoms with Crippen molar-refractivity contribution >= 4 is 129 Å². The van der Waals surface area contributed by atoms with Crippen molar-refractivity contribution in [1.29, 1.82) is 0 Å². The average Bonchev–Trinajstić information content (AvgIpc) is 1.68. The predicted octanol–water partition coefficient (Wildman–Crippen LogP) is -5.33. The molecule has 1 fully saturated rings. The standard InChI is InChI=1S/C90H111N21O24/c1-5-48(3)77-88(132)98-45-75(120)101-62(34-54-39-93-58-25-17-16-24-57(54)58)80(124)96-43-73(118)103-64(36-69(91)114)84(128)106-65(37-70(115)94-41-71(116)100-60(86(130)110-77)31-51-20-12-8-13-21-51)87(131)111-78(49(4)6-2)89(133)107-59(30-50-18-10-7-11-19-50)79(123)95-42-72(117)102-63(35-55-40-92-47-99-55)83(127)105-61(32-53-26-28-56(113)29-27-53)82(126)109-68(46-112)81(125)97-44-74(119)104-66(38-76(121)122)85(129)108-67(90(134)135)33-52-22-14-9-15-23-52/h7-29,39-40,47-49,59-68,77-78,93,112-113H,5-6,30-38,41-46H2,1-4H3,(H2,91,114)(H,92,99)(H,94,115)(H,95,123)(H,96,124)(H,97,125)(H,98,132)(H,100,116)(H,101,120)(H,102,117)(H,103,118)(H,104,119)(H,105,127)(H,106,128)(H,107,133)(H,108,129)(H,109,126)(H,110,130)(H,111,131)(H,121,122)(H,134,135)/t48-,49-,59-,60?,61-,62?,63-,64?,65?,66-,67-,68-,77-,78-/m0/s1. The number of para-hydroxylation sites is 1. The average molecular weight is 1870 g/mol. The molecule has 0 spiro atoms. The lowest BCUT2D eigenvalue weighted by Crippen LogP contribution is -2.61. The minimum absolute atomic E-state index is 0.0927. The van der Waals surface area contributed by atoms with Crippen molar-refractivity contribution in [2.75, 3.05) is 39.3 Å². The zero-order valence-corrected chi connectivity index (χ0v) is 74.1. The lowest BCUT2D eigenvalue weighted by molar-refractivity contribution is -0.143. The van der Waals surface area contributed by atoms with E-state index in [4.69, 9.17) is 5.73 Å². The number of carbonyl (C=O) groups excluding carboxylic acids is 18. The molecule has 0 bridgehead atoms. The molecule has 135 heavy (non-hydrogen) atoms. The molecule has 720 valence electrons. The Balaban J connectivity index is 1.000. The van der Waals surface area contributed by atoms with Gasteiger partial charge in [-0.15, -0.1) is 0 Å². The smallest absolute Gasteiger partial charge is 0.326 e. The third kappa shape index (κ3) is 34.0. The molecule has 1 saturated heterocycles. The summed E-state index contributed by atoms with van der Waals surface area (Å²) in [4.78, 5) is 288. The fraction of sp³-hybridized carbons (Fsp3) is 0.389. The van der Waals surface area contributed by atoms with Gasteiger partial charge in [-0.05, 0) is 57.9 Å². The summed E-state index contributed by atoms with van der Waals surface area (Å²) in [6.07, 6.45) is -0.288. The van der Waals surface area contributed by atoms with Gasteiger partial charge in [-0.3, -0.25) is 91.1 Å². The second kappa shape index (κ2) is 52.2. The number of phenols is 1. The number of amides is 18. The van der Waals surface area contributed by atoms with Crippen LogP contribution in [0.25, 0.3) is 10.9 Å². The van der Waals surface area contributed by atoms with E-state index < -0.39 is 274 Å². The number of aliphatic carboxylic acids is 2. The Morgan fingerprint density at radius 1 is 0.467 bits per heavy atom. The lowest BCUT2D eigenvalue weighted by atomic mass is 9.96. The van der Waals surface area contributed by atoms with Gasteiger partial charge < -0.3 is 127 Å². The molecule has 3 heterocycles. The number of imidazole rings is 1. The van der Waals surface area contributed by atoms with E-state index in [1.165, 1.54) is 43.7 Å². The van der Waals surface area contributed by atoms with Gasteiger partial charge >= 0.3 is 11.9 Å². The van der Waals surface area contributed by atoms with Crippen LogP contribution in [-0.4, -0.2) is 265 Å². The number of benzene rings is 5. The van der Waals surface area contributed by atoms with Crippen LogP contribution in [0.1, 0.15) is 93.3 Å². The molecular formula is C90H111N21O24. The van der Waals surface area contributed by atoms with E-state index in [9.17, 15) is 107 Å². The molecule has 4 unspecified atom stereocenters. The van der Waals surface area contributed by atoms with Gasteiger partial charge in [0.2, 0.25) is 106 Å². The molecule has 1 aliphatic heterocycles. The Bertz CT molecular complexity index is 5360. The fourth-order valence-corrected chi connectivity index (χ4v) is 14.1. The van der Waals surface area contributed by atoms with Crippen LogP contribution in [0, 0.1) is 11.8 Å². The van der Waals surface area contributed by atoms with Crippen molar-refractivity contribution in [3.8, 4) is 5.75 Å². The highest BCUT2D eigenvalue weighted by Gasteiger charge is 2.39. The molecule has 8 rings (SSSR count). The quantitative estimate of drug-likeness (QED) is 0.0171. The van der Waals surface area contributed by atoms with Gasteiger partial charge in [0.25, 0.3) is 0 Å². The van der Waals surface area contributed by atoms with E-state index in [-0.39, 0.29) is 49.1 Å². The number of aromatic amines is 2. The summed E-state index contributed by atoms with van der Waals surface area (Å²) in [5, 5.41) is 81.7. The first-order valence-electron chi connectivity index (χ1n) is 43.2. The number of H-pyrrole nitrogens is 2. The second-order valence-electron chi connectivity index (χ2n) is 32.1. The number of aliphatic hydroxyl groups excluding tert-OH is 1. The Morgan fingerprint density at radius 3 is 1.50 bits per heavy atom. The van der Waals surface area contributed by atoms with E-state index in [2.05, 4.69) is 105 Å². The number of hydrogen-bond donors (Lipinski definition) is 24. The third-order valence-corrected chi connectivity index (χ3v) is 21.8. The maximum atomic E-state index is 15.1. The number of carboxylic acid groups (broad SMARTS) is 2. The van der Waals surface area contributed by atoms with Crippen molar-refractivity contribution in [1.82, 2.24) is 105 Å². The number of primary amides is 1. The highest BCUT2D eigenvalue weighted by Crippen LogP contribution is 2.21. The Kier molecular flexibility index (Phi) is 40.3. The zero-order valence-electron chi connectivity index (χ0n) is 74.1. The molecule has 45 nitrogen and oxygen atoms in total. The summed E-state index contributed by atoms with van der Waals surface area (Å²) in [6, 6.07) is 16.3. The van der Waals surface area contributed by atoms with Gasteiger partial charge in [0.15, 0.2) is 0 Å². The summed E-state index contributed by atoms with van der Waals surface area (Å²) in [5.74, 6) is -24.5. The van der Waals surface area contributed by atoms with Gasteiger partial charge in [-0.25, -0.2) is 9.78 Å². The highest BCUT2D eigenvalue weighted by molar-refractivity contribution is 6.02. The van der Waals surface area contributed by atoms with Crippen molar-refractivity contribution in [3.63, 3.8) is 0 Å². The van der Waals surface area contributed by atoms with Crippen LogP contribution in [0.15, 0.2) is 158 Å². The van der Waals surface area contributed by atoms with Gasteiger partial charge in [0, 0.05) is 67.5 Å². The largest absolute Gasteiger partial charge is 0.508 e. The summed E-state index contributed by atoms with van der Waals surface area (Å²) >= 11 is 0. The summed E-state index contributed by atoms with van der Waals surface area (Å²) in [7, 11) is 0. The molecule has 18 amide bonds. The highest BCUT2D eigenvalue weighted by atomic mass is 16.4. The second-order valence-corrected chi connectivity index (χ2v) is 32.1. The number of hydrogen-bond acceptors (Lipinski definition) is 23. The van der Waals surface area contributed by atoms with Crippen molar-refractivity contribution in [2.24, 2.45) is 17.6 Å². The summed E-state index contributed by atoms with van der Waals surface area (Å²) in [5.41, 5.74) is 8.78. The summed E-state index contributed by atoms with van der Waals surface area (Å²) < 4.78 is 0. The lowest BCUT2D eigenvalue weighted by Gasteiger charge is -2.29. The van der Waals surface area contributed by atoms with Crippen LogP contribution in [0.5, 0.6) is 5.75 Å². The van der Waals surface area contributed by atoms with Crippen molar-refractivity contribution in [2.45, 2.75) is 171 Å². The number of nitrogens with zero attached hydrogens (tertiary/aromatic N) is 1. The van der Waals surface area contributed by atoms with Gasteiger partial charge in [0.1, 0.15) is 78.3 Å². The molecule has 5 aromatic carbocycles. The number of carbonyl (C=O) groups is 20. The van der Waals surface area contributed by atoms with E-state index in [1.54, 1.807) is 142 Å². The molecule has 2 aromatic heterocycles. The molecule has 0 aliphatic carbocycles. The van der Waals surface area contributed by atoms with E-state index >= 15 is 9.59 Å². The van der Waals surface area contributed by atoms with E-state index in [0.717, 1.165) is 0 Å². The zero-order chi connectivity index (χ0) is 98.4. The number of aromatic nitrogens is 3. The Labute approximate surface area is 772 Å². The Hall–Kier alpha value is -16.0. The van der Waals surface area contributed by atoms with Crippen LogP contribution < -0.4 is 96.1 Å². The number of fused-ring (bicyclic) bond motifs is 1. The molecule has 0 radical (unpaired) electrons. The van der Waals surface area contributed by atoms with Crippen LogP contribution in [-0.2, 0) is 134 Å². The maximum absolute atomic E-state index is 15.1. The SMILES string of the molecule is CC[C@H](C)[C@@H]1NC(=O)C(Cc2ccccc2)NC(=O)CNC(=O)CC(C(=O)N[C@H](C(=O)N[C@@H](Cc2ccccc2)C(=O)NCC(=O)N[C@@H](Cc2cnc[nH]2)C(=O)N[C@@H](Cc2ccc(O)cc2)C(=O)N[C@@H](CO)C(=O)NCC(=O)N[C@@H](CC(=O)O)C(=O)N[C@@H](Cc2ccccc2)C(=O)O)[C@@H](C)CC)NC(=O)C(CC(N)=O)NC(=O)CNC(=O)C(Cc2c[nH]c3ccccc23)NC(=O)CNC1=O. The molecule has 45 heteroatoms. The maximum Gasteiger partial charge on any atom is 0.326 e. The van der Waals surface area contributed by atoms with Crippen molar-refractivity contribution < 1.29 is 116 Å². The first-order chi connectivity index (χ1) is 64.5. The van der Waals surface area contributed by atoms with Crippen LogP contribution in [0.3, 0.4) is 0 Å². The topological polar surface area (TPSA) is 697 Å². The number of rotatable bonds is 40. The predicted molar refractivity (Wildman–Crippen MR) is 479 cm³/mol. The molecule has 25 N–H and O–H groups in total. The third-order valence-electron chi connectivity index (χ3n) is 21.8. The number of phenolic OH excluding ortho intramolecular Hbond substituents is 1. The number of aliphatic hydroxyl groups is 1. The van der Waals surface area contributed by atoms with Gasteiger partial charge in [-0.1, -0.05) is 162 Å². The van der Waals surface area contributed by atoms with Crippen LogP contribution in [0.2, 0.25) is 0 Å². The van der Waals surface area contributed by atoms with Gasteiger partial charge in [-0.2, -0.15) is 0 Å². The first-order valence-corrected chi connectivity index (χ1v) is 43.2.